The van der Waals surface area contributed by atoms with Crippen LogP contribution in [0, 0.1) is 10.6 Å². The first-order valence-corrected chi connectivity index (χ1v) is 5.32. The molecule has 2 rings (SSSR count). The predicted molar refractivity (Wildman–Crippen MR) is 67.6 cm³/mol. The van der Waals surface area contributed by atoms with Gasteiger partial charge in [0.1, 0.15) is 11.4 Å². The van der Waals surface area contributed by atoms with Crippen molar-refractivity contribution < 1.29 is 9.50 Å². The molecule has 2 aromatic rings. The average Bonchev–Trinajstić information content (AvgIpc) is 2.30. The molecule has 0 amide bonds. The number of hydrogen-bond acceptors (Lipinski definition) is 4. The van der Waals surface area contributed by atoms with Gasteiger partial charge in [-0.15, -0.1) is 0 Å². The molecule has 0 saturated heterocycles. The van der Waals surface area contributed by atoms with E-state index in [0.717, 1.165) is 0 Å². The number of aromatic amines is 2. The van der Waals surface area contributed by atoms with Crippen LogP contribution in [0.3, 0.4) is 0 Å². The molecule has 0 saturated carbocycles. The van der Waals surface area contributed by atoms with Crippen LogP contribution in [0.5, 0.6) is 5.88 Å². The zero-order valence-electron chi connectivity index (χ0n) is 8.98. The summed E-state index contributed by atoms with van der Waals surface area (Å²) in [5.74, 6) is -0.743. The number of halogens is 1. The van der Waals surface area contributed by atoms with Gasteiger partial charge in [-0.25, -0.2) is 4.39 Å². The fraction of sp³-hybridized carbons (Fsp3) is 0. The molecule has 0 bridgehead atoms. The van der Waals surface area contributed by atoms with Crippen molar-refractivity contribution in [1.29, 1.82) is 0 Å². The Morgan fingerprint density at radius 3 is 2.56 bits per heavy atom. The van der Waals surface area contributed by atoms with E-state index in [1.54, 1.807) is 0 Å². The summed E-state index contributed by atoms with van der Waals surface area (Å²) in [5, 5.41) is 9.50. The minimum atomic E-state index is -0.554. The molecule has 1 aromatic carbocycles. The number of nitrogens with one attached hydrogen (secondary N) is 2. The van der Waals surface area contributed by atoms with Crippen molar-refractivity contribution in [1.82, 2.24) is 9.97 Å². The zero-order chi connectivity index (χ0) is 13.1. The van der Waals surface area contributed by atoms with E-state index < -0.39 is 5.56 Å². The fourth-order valence-electron chi connectivity index (χ4n) is 1.27. The third kappa shape index (κ3) is 2.69. The molecule has 1 heterocycles. The Morgan fingerprint density at radius 2 is 1.94 bits per heavy atom. The predicted octanol–water partition coefficient (Wildman–Crippen LogP) is 2.03. The third-order valence-corrected chi connectivity index (χ3v) is 2.33. The highest BCUT2D eigenvalue weighted by atomic mass is 32.1. The number of benzene rings is 1. The van der Waals surface area contributed by atoms with Crippen LogP contribution in [-0.4, -0.2) is 21.3 Å². The second-order valence-corrected chi connectivity index (χ2v) is 3.81. The molecule has 0 aliphatic carbocycles. The van der Waals surface area contributed by atoms with Gasteiger partial charge in [-0.3, -0.25) is 14.8 Å². The zero-order valence-corrected chi connectivity index (χ0v) is 9.79. The SMILES string of the molecule is O=c1[nH]c(=S)[nH]c(O)c1C=Nc1ccc(F)cc1. The Bertz CT molecular complexity index is 703. The molecule has 0 radical (unpaired) electrons. The van der Waals surface area contributed by atoms with Gasteiger partial charge < -0.3 is 10.1 Å². The first-order chi connectivity index (χ1) is 8.56. The van der Waals surface area contributed by atoms with E-state index in [0.29, 0.717) is 5.69 Å². The molecule has 18 heavy (non-hydrogen) atoms. The molecule has 5 nitrogen and oxygen atoms in total. The number of H-pyrrole nitrogens is 2. The van der Waals surface area contributed by atoms with E-state index in [2.05, 4.69) is 27.2 Å². The Morgan fingerprint density at radius 1 is 1.28 bits per heavy atom. The lowest BCUT2D eigenvalue weighted by atomic mass is 10.3. The van der Waals surface area contributed by atoms with Crippen LogP contribution in [-0.2, 0) is 0 Å². The maximum atomic E-state index is 12.7. The normalized spacial score (nSPS) is 10.9. The van der Waals surface area contributed by atoms with E-state index in [4.69, 9.17) is 0 Å². The third-order valence-electron chi connectivity index (χ3n) is 2.13. The molecular formula is C11H8FN3O2S. The van der Waals surface area contributed by atoms with Crippen molar-refractivity contribution in [2.45, 2.75) is 0 Å². The quantitative estimate of drug-likeness (QED) is 0.574. The van der Waals surface area contributed by atoms with Gasteiger partial charge >= 0.3 is 0 Å². The Kier molecular flexibility index (Phi) is 3.33. The van der Waals surface area contributed by atoms with Crippen LogP contribution in [0.15, 0.2) is 34.1 Å². The Labute approximate surface area is 106 Å². The monoisotopic (exact) mass is 265 g/mol. The van der Waals surface area contributed by atoms with Gasteiger partial charge in [0.05, 0.1) is 5.69 Å². The number of nitrogens with zero attached hydrogens (tertiary/aromatic N) is 1. The van der Waals surface area contributed by atoms with Gasteiger partial charge in [0.25, 0.3) is 5.56 Å². The minimum Gasteiger partial charge on any atom is -0.494 e. The molecule has 0 spiro atoms. The minimum absolute atomic E-state index is 0.0245. The van der Waals surface area contributed by atoms with Crippen LogP contribution in [0.4, 0.5) is 10.1 Å². The lowest BCUT2D eigenvalue weighted by Crippen LogP contribution is -2.13. The number of aromatic hydroxyl groups is 1. The number of aliphatic imine (C=N–C) groups is 1. The van der Waals surface area contributed by atoms with E-state index >= 15 is 0 Å². The first-order valence-electron chi connectivity index (χ1n) is 4.91. The van der Waals surface area contributed by atoms with Crippen molar-refractivity contribution in [2.75, 3.05) is 0 Å². The van der Waals surface area contributed by atoms with Crippen molar-refractivity contribution in [3.8, 4) is 5.88 Å². The van der Waals surface area contributed by atoms with Gasteiger partial charge in [0.15, 0.2) is 4.77 Å². The summed E-state index contributed by atoms with van der Waals surface area (Å²) < 4.78 is 12.7. The topological polar surface area (TPSA) is 81.2 Å². The molecule has 0 unspecified atom stereocenters. The smallest absolute Gasteiger partial charge is 0.264 e. The highest BCUT2D eigenvalue weighted by molar-refractivity contribution is 7.71. The molecule has 0 atom stereocenters. The Balaban J connectivity index is 2.38. The second kappa shape index (κ2) is 4.92. The molecule has 92 valence electrons. The Hall–Kier alpha value is -2.28. The van der Waals surface area contributed by atoms with Crippen molar-refractivity contribution in [2.24, 2.45) is 4.99 Å². The summed E-state index contributed by atoms with van der Waals surface area (Å²) in [5.41, 5.74) is -0.146. The summed E-state index contributed by atoms with van der Waals surface area (Å²) in [4.78, 5) is 20.1. The molecule has 0 fully saturated rings. The standard InChI is InChI=1S/C11H8FN3O2S/c12-6-1-3-7(4-2-6)13-5-8-9(16)14-11(18)15-10(8)17/h1-5H,(H3,14,15,16,17,18). The van der Waals surface area contributed by atoms with E-state index in [-0.39, 0.29) is 22.0 Å². The van der Waals surface area contributed by atoms with Crippen molar-refractivity contribution in [3.63, 3.8) is 0 Å². The fourth-order valence-corrected chi connectivity index (χ4v) is 1.46. The van der Waals surface area contributed by atoms with Gasteiger partial charge in [-0.2, -0.15) is 0 Å². The largest absolute Gasteiger partial charge is 0.494 e. The summed E-state index contributed by atoms with van der Waals surface area (Å²) in [6, 6.07) is 5.38. The number of aromatic nitrogens is 2. The maximum Gasteiger partial charge on any atom is 0.264 e. The van der Waals surface area contributed by atoms with Crippen LogP contribution < -0.4 is 5.56 Å². The molecular weight excluding hydrogens is 257 g/mol. The van der Waals surface area contributed by atoms with E-state index in [1.165, 1.54) is 30.5 Å². The van der Waals surface area contributed by atoms with Crippen molar-refractivity contribution >= 4 is 24.1 Å². The van der Waals surface area contributed by atoms with E-state index in [1.807, 2.05) is 0 Å². The highest BCUT2D eigenvalue weighted by Gasteiger charge is 2.04. The van der Waals surface area contributed by atoms with E-state index in [9.17, 15) is 14.3 Å². The number of rotatable bonds is 2. The number of hydrogen-bond donors (Lipinski definition) is 3. The van der Waals surface area contributed by atoms with Gasteiger partial charge in [-0.05, 0) is 36.5 Å². The van der Waals surface area contributed by atoms with Crippen LogP contribution in [0.2, 0.25) is 0 Å². The maximum absolute atomic E-state index is 12.7. The molecule has 0 aliphatic rings. The second-order valence-electron chi connectivity index (χ2n) is 3.41. The van der Waals surface area contributed by atoms with Crippen LogP contribution in [0.1, 0.15) is 5.56 Å². The highest BCUT2D eigenvalue weighted by Crippen LogP contribution is 2.13. The first kappa shape index (κ1) is 12.2. The lowest BCUT2D eigenvalue weighted by molar-refractivity contribution is 0.449. The summed E-state index contributed by atoms with van der Waals surface area (Å²) in [6.07, 6.45) is 1.17. The summed E-state index contributed by atoms with van der Waals surface area (Å²) >= 11 is 4.68. The summed E-state index contributed by atoms with van der Waals surface area (Å²) in [7, 11) is 0. The molecule has 0 aliphatic heterocycles. The van der Waals surface area contributed by atoms with Crippen molar-refractivity contribution in [3.05, 3.63) is 50.8 Å². The van der Waals surface area contributed by atoms with Gasteiger partial charge in [-0.1, -0.05) is 0 Å². The molecule has 7 heteroatoms. The van der Waals surface area contributed by atoms with Gasteiger partial charge in [0.2, 0.25) is 5.88 Å². The average molecular weight is 265 g/mol. The van der Waals surface area contributed by atoms with Gasteiger partial charge in [0, 0.05) is 6.21 Å². The molecule has 1 aromatic heterocycles. The summed E-state index contributed by atoms with van der Waals surface area (Å²) in [6.45, 7) is 0. The lowest BCUT2D eigenvalue weighted by Gasteiger charge is -1.97. The molecule has 3 N–H and O–H groups in total. The van der Waals surface area contributed by atoms with Crippen LogP contribution in [0.25, 0.3) is 0 Å². The van der Waals surface area contributed by atoms with Crippen LogP contribution >= 0.6 is 12.2 Å².